The van der Waals surface area contributed by atoms with Crippen molar-refractivity contribution >= 4 is 27.3 Å². The highest BCUT2D eigenvalue weighted by Gasteiger charge is 2.21. The fourth-order valence-electron chi connectivity index (χ4n) is 1.18. The quantitative estimate of drug-likeness (QED) is 0.617. The van der Waals surface area contributed by atoms with E-state index in [2.05, 4.69) is 4.72 Å². The van der Waals surface area contributed by atoms with Crippen molar-refractivity contribution in [1.29, 1.82) is 0 Å². The molecule has 7 nitrogen and oxygen atoms in total. The first-order chi connectivity index (χ1) is 8.27. The summed E-state index contributed by atoms with van der Waals surface area (Å²) in [7, 11) is -3.84. The van der Waals surface area contributed by atoms with E-state index in [4.69, 9.17) is 17.3 Å². The van der Waals surface area contributed by atoms with Crippen LogP contribution in [0.15, 0.2) is 23.1 Å². The molecule has 0 amide bonds. The van der Waals surface area contributed by atoms with Gasteiger partial charge < -0.3 is 5.73 Å². The van der Waals surface area contributed by atoms with Crippen LogP contribution in [0.2, 0.25) is 5.02 Å². The van der Waals surface area contributed by atoms with E-state index in [1.807, 2.05) is 0 Å². The number of nitrogens with two attached hydrogens (primary N) is 1. The van der Waals surface area contributed by atoms with Crippen molar-refractivity contribution < 1.29 is 13.3 Å². The number of nitro benzene ring substituents is 1. The monoisotopic (exact) mass is 293 g/mol. The molecule has 0 bridgehead atoms. The Balaban J connectivity index is 3.18. The van der Waals surface area contributed by atoms with Gasteiger partial charge in [-0.2, -0.15) is 0 Å². The average Bonchev–Trinajstić information content (AvgIpc) is 2.28. The van der Waals surface area contributed by atoms with Crippen molar-refractivity contribution in [3.63, 3.8) is 0 Å². The zero-order valence-electron chi connectivity index (χ0n) is 9.46. The first kappa shape index (κ1) is 14.8. The molecule has 9 heteroatoms. The molecule has 3 N–H and O–H groups in total. The number of hydrogen-bond acceptors (Lipinski definition) is 5. The summed E-state index contributed by atoms with van der Waals surface area (Å²) in [6.07, 6.45) is 0. The lowest BCUT2D eigenvalue weighted by molar-refractivity contribution is -0.384. The minimum Gasteiger partial charge on any atom is -0.329 e. The lowest BCUT2D eigenvalue weighted by Crippen LogP contribution is -2.37. The van der Waals surface area contributed by atoms with Gasteiger partial charge in [-0.1, -0.05) is 11.6 Å². The van der Waals surface area contributed by atoms with E-state index >= 15 is 0 Å². The minimum absolute atomic E-state index is 0.120. The third kappa shape index (κ3) is 3.39. The standard InChI is InChI=1S/C9H12ClN3O4S/c1-6(5-11)12-18(16,17)7-2-3-8(10)9(4-7)13(14)15/h2-4,6,12H,5,11H2,1H3. The SMILES string of the molecule is CC(CN)NS(=O)(=O)c1ccc(Cl)c([N+](=O)[O-])c1. The number of hydrogen-bond donors (Lipinski definition) is 2. The van der Waals surface area contributed by atoms with Gasteiger partial charge in [-0.3, -0.25) is 10.1 Å². The van der Waals surface area contributed by atoms with Crippen LogP contribution in [0, 0.1) is 10.1 Å². The van der Waals surface area contributed by atoms with Crippen LogP contribution in [-0.2, 0) is 10.0 Å². The van der Waals surface area contributed by atoms with Crippen molar-refractivity contribution in [2.24, 2.45) is 5.73 Å². The molecule has 1 aromatic carbocycles. The van der Waals surface area contributed by atoms with Gasteiger partial charge in [0.25, 0.3) is 5.69 Å². The molecule has 0 spiro atoms. The van der Waals surface area contributed by atoms with Crippen molar-refractivity contribution in [3.8, 4) is 0 Å². The molecule has 0 aromatic heterocycles. The van der Waals surface area contributed by atoms with Gasteiger partial charge in [0.2, 0.25) is 10.0 Å². The van der Waals surface area contributed by atoms with Crippen LogP contribution >= 0.6 is 11.6 Å². The second-order valence-corrected chi connectivity index (χ2v) is 5.75. The van der Waals surface area contributed by atoms with E-state index in [9.17, 15) is 18.5 Å². The Labute approximate surface area is 109 Å². The Morgan fingerprint density at radius 3 is 2.67 bits per heavy atom. The number of nitrogens with one attached hydrogen (secondary N) is 1. The van der Waals surface area contributed by atoms with Crippen LogP contribution in [0.3, 0.4) is 0 Å². The molecule has 0 aliphatic carbocycles. The van der Waals surface area contributed by atoms with Crippen LogP contribution in [-0.4, -0.2) is 25.9 Å². The summed E-state index contributed by atoms with van der Waals surface area (Å²) < 4.78 is 26.0. The third-order valence-electron chi connectivity index (χ3n) is 2.13. The van der Waals surface area contributed by atoms with Crippen molar-refractivity contribution in [2.45, 2.75) is 17.9 Å². The van der Waals surface area contributed by atoms with E-state index in [1.54, 1.807) is 6.92 Å². The molecular weight excluding hydrogens is 282 g/mol. The van der Waals surface area contributed by atoms with Crippen LogP contribution < -0.4 is 10.5 Å². The summed E-state index contributed by atoms with van der Waals surface area (Å²) >= 11 is 5.60. The summed E-state index contributed by atoms with van der Waals surface area (Å²) in [4.78, 5) is 9.70. The summed E-state index contributed by atoms with van der Waals surface area (Å²) in [6, 6.07) is 2.81. The molecule has 0 aliphatic heterocycles. The van der Waals surface area contributed by atoms with Crippen molar-refractivity contribution in [1.82, 2.24) is 4.72 Å². The van der Waals surface area contributed by atoms with E-state index in [0.717, 1.165) is 6.07 Å². The summed E-state index contributed by atoms with van der Waals surface area (Å²) in [5.41, 5.74) is 4.84. The molecule has 100 valence electrons. The molecule has 1 unspecified atom stereocenters. The van der Waals surface area contributed by atoms with Gasteiger partial charge >= 0.3 is 0 Å². The zero-order valence-corrected chi connectivity index (χ0v) is 11.0. The van der Waals surface area contributed by atoms with Gasteiger partial charge in [0.15, 0.2) is 0 Å². The number of sulfonamides is 1. The van der Waals surface area contributed by atoms with Gasteiger partial charge in [0, 0.05) is 18.7 Å². The summed E-state index contributed by atoms with van der Waals surface area (Å²) in [5, 5.41) is 10.5. The fourth-order valence-corrected chi connectivity index (χ4v) is 2.64. The third-order valence-corrected chi connectivity index (χ3v) is 4.04. The number of rotatable bonds is 5. The van der Waals surface area contributed by atoms with Gasteiger partial charge in [0.1, 0.15) is 5.02 Å². The number of benzene rings is 1. The van der Waals surface area contributed by atoms with Crippen LogP contribution in [0.4, 0.5) is 5.69 Å². The fraction of sp³-hybridized carbons (Fsp3) is 0.333. The van der Waals surface area contributed by atoms with E-state index in [1.165, 1.54) is 12.1 Å². The highest BCUT2D eigenvalue weighted by Crippen LogP contribution is 2.26. The Kier molecular flexibility index (Phi) is 4.63. The molecule has 0 fully saturated rings. The molecule has 0 heterocycles. The molecule has 1 atom stereocenters. The predicted molar refractivity (Wildman–Crippen MR) is 66.9 cm³/mol. The number of nitro groups is 1. The normalized spacial score (nSPS) is 13.3. The number of halogens is 1. The molecule has 0 saturated carbocycles. The summed E-state index contributed by atoms with van der Waals surface area (Å²) in [5.74, 6) is 0. The largest absolute Gasteiger partial charge is 0.329 e. The molecule has 0 aliphatic rings. The van der Waals surface area contributed by atoms with E-state index in [0.29, 0.717) is 0 Å². The van der Waals surface area contributed by atoms with Gasteiger partial charge in [0.05, 0.1) is 9.82 Å². The summed E-state index contributed by atoms with van der Waals surface area (Å²) in [6.45, 7) is 1.71. The molecule has 0 radical (unpaired) electrons. The molecule has 1 aromatic rings. The first-order valence-corrected chi connectivity index (χ1v) is 6.80. The van der Waals surface area contributed by atoms with Crippen LogP contribution in [0.5, 0.6) is 0 Å². The van der Waals surface area contributed by atoms with Gasteiger partial charge in [-0.15, -0.1) is 0 Å². The molecule has 18 heavy (non-hydrogen) atoms. The maximum Gasteiger partial charge on any atom is 0.289 e. The van der Waals surface area contributed by atoms with Gasteiger partial charge in [-0.05, 0) is 19.1 Å². The maximum absolute atomic E-state index is 11.9. The molecular formula is C9H12ClN3O4S. The zero-order chi connectivity index (χ0) is 13.9. The lowest BCUT2D eigenvalue weighted by atomic mass is 10.3. The van der Waals surface area contributed by atoms with Crippen LogP contribution in [0.25, 0.3) is 0 Å². The molecule has 1 rings (SSSR count). The first-order valence-electron chi connectivity index (χ1n) is 4.94. The molecule has 0 saturated heterocycles. The maximum atomic E-state index is 11.9. The van der Waals surface area contributed by atoms with Crippen molar-refractivity contribution in [2.75, 3.05) is 6.54 Å². The lowest BCUT2D eigenvalue weighted by Gasteiger charge is -2.11. The van der Waals surface area contributed by atoms with E-state index in [-0.39, 0.29) is 16.5 Å². The highest BCUT2D eigenvalue weighted by atomic mass is 35.5. The predicted octanol–water partition coefficient (Wildman–Crippen LogP) is 0.874. The minimum atomic E-state index is -3.84. The highest BCUT2D eigenvalue weighted by molar-refractivity contribution is 7.89. The van der Waals surface area contributed by atoms with E-state index < -0.39 is 26.7 Å². The average molecular weight is 294 g/mol. The second kappa shape index (κ2) is 5.61. The van der Waals surface area contributed by atoms with Crippen molar-refractivity contribution in [3.05, 3.63) is 33.3 Å². The Morgan fingerprint density at radius 2 is 2.17 bits per heavy atom. The Hall–Kier alpha value is -1.22. The number of nitrogens with zero attached hydrogens (tertiary/aromatic N) is 1. The second-order valence-electron chi connectivity index (χ2n) is 3.63. The van der Waals surface area contributed by atoms with Crippen LogP contribution in [0.1, 0.15) is 6.92 Å². The smallest absolute Gasteiger partial charge is 0.289 e. The Morgan fingerprint density at radius 1 is 1.56 bits per heavy atom. The van der Waals surface area contributed by atoms with Gasteiger partial charge in [-0.25, -0.2) is 13.1 Å². The Bertz CT molecular complexity index is 561. The topological polar surface area (TPSA) is 115 Å².